The van der Waals surface area contributed by atoms with E-state index in [4.69, 9.17) is 14.2 Å². The number of fused-ring (bicyclic) bond motifs is 1. The monoisotopic (exact) mass is 426 g/mol. The molecule has 0 fully saturated rings. The predicted octanol–water partition coefficient (Wildman–Crippen LogP) is 4.57. The molecule has 1 aliphatic heterocycles. The fourth-order valence-corrected chi connectivity index (χ4v) is 4.03. The van der Waals surface area contributed by atoms with Crippen LogP contribution >= 0.6 is 11.3 Å². The molecular weight excluding hydrogens is 396 g/mol. The molecule has 0 aliphatic carbocycles. The van der Waals surface area contributed by atoms with E-state index < -0.39 is 29.4 Å². The van der Waals surface area contributed by atoms with Crippen LogP contribution in [0.3, 0.4) is 0 Å². The first-order chi connectivity index (χ1) is 13.3. The number of hydrogen-bond acceptors (Lipinski definition) is 7. The van der Waals surface area contributed by atoms with Crippen molar-refractivity contribution >= 4 is 34.5 Å². The number of rotatable bonds is 3. The summed E-state index contributed by atoms with van der Waals surface area (Å²) < 4.78 is 15.9. The van der Waals surface area contributed by atoms with Crippen LogP contribution in [0.4, 0.5) is 14.6 Å². The Kier molecular flexibility index (Phi) is 6.82. The number of nitrogens with one attached hydrogen (secondary N) is 1. The van der Waals surface area contributed by atoms with Crippen LogP contribution in [0.5, 0.6) is 0 Å². The Hall–Kier alpha value is -2.29. The van der Waals surface area contributed by atoms with Crippen molar-refractivity contribution in [2.75, 3.05) is 18.5 Å². The van der Waals surface area contributed by atoms with E-state index in [1.807, 2.05) is 20.8 Å². The minimum Gasteiger partial charge on any atom is -0.462 e. The number of esters is 1. The van der Waals surface area contributed by atoms with Crippen molar-refractivity contribution in [2.45, 2.75) is 72.6 Å². The number of nitrogens with zero attached hydrogens (tertiary/aromatic N) is 1. The maximum atomic E-state index is 12.6. The summed E-state index contributed by atoms with van der Waals surface area (Å²) in [5, 5.41) is 3.04. The third-order valence-electron chi connectivity index (χ3n) is 3.80. The van der Waals surface area contributed by atoms with Gasteiger partial charge in [-0.2, -0.15) is 0 Å². The second-order valence-electron chi connectivity index (χ2n) is 8.71. The summed E-state index contributed by atoms with van der Waals surface area (Å²) in [6.45, 7) is 13.4. The van der Waals surface area contributed by atoms with E-state index in [0.717, 1.165) is 10.4 Å². The minimum absolute atomic E-state index is 0.222. The Bertz CT molecular complexity index is 788. The van der Waals surface area contributed by atoms with Crippen LogP contribution in [-0.2, 0) is 27.2 Å². The van der Waals surface area contributed by atoms with Crippen LogP contribution in [0.15, 0.2) is 0 Å². The molecule has 1 N–H and O–H groups in total. The molecule has 0 atom stereocenters. The van der Waals surface area contributed by atoms with Gasteiger partial charge in [0.05, 0.1) is 18.7 Å². The molecule has 0 radical (unpaired) electrons. The first-order valence-electron chi connectivity index (χ1n) is 9.60. The molecule has 1 aromatic heterocycles. The number of ether oxygens (including phenoxy) is 3. The lowest BCUT2D eigenvalue weighted by atomic mass is 10.0. The molecule has 9 heteroatoms. The molecule has 0 saturated heterocycles. The summed E-state index contributed by atoms with van der Waals surface area (Å²) in [7, 11) is 0. The molecule has 0 bridgehead atoms. The van der Waals surface area contributed by atoms with Gasteiger partial charge < -0.3 is 19.1 Å². The number of anilines is 1. The van der Waals surface area contributed by atoms with Crippen molar-refractivity contribution in [3.63, 3.8) is 0 Å². The van der Waals surface area contributed by atoms with Crippen molar-refractivity contribution in [3.8, 4) is 0 Å². The Morgan fingerprint density at radius 1 is 1.07 bits per heavy atom. The molecule has 0 spiro atoms. The van der Waals surface area contributed by atoms with Crippen LogP contribution in [0.25, 0.3) is 0 Å². The summed E-state index contributed by atoms with van der Waals surface area (Å²) in [5.74, 6) is -0.498. The van der Waals surface area contributed by atoms with Gasteiger partial charge >= 0.3 is 18.2 Å². The molecule has 29 heavy (non-hydrogen) atoms. The van der Waals surface area contributed by atoms with E-state index in [9.17, 15) is 14.4 Å². The zero-order valence-electron chi connectivity index (χ0n) is 18.1. The van der Waals surface area contributed by atoms with Crippen molar-refractivity contribution in [1.82, 2.24) is 4.90 Å². The summed E-state index contributed by atoms with van der Waals surface area (Å²) in [6.07, 6.45) is -0.587. The summed E-state index contributed by atoms with van der Waals surface area (Å²) in [6, 6.07) is 0. The maximum Gasteiger partial charge on any atom is 0.412 e. The molecule has 162 valence electrons. The summed E-state index contributed by atoms with van der Waals surface area (Å²) in [4.78, 5) is 39.6. The fourth-order valence-electron chi connectivity index (χ4n) is 2.79. The third-order valence-corrected chi connectivity index (χ3v) is 4.93. The topological polar surface area (TPSA) is 94.2 Å². The average Bonchev–Trinajstić information content (AvgIpc) is 2.88. The van der Waals surface area contributed by atoms with Crippen LogP contribution in [-0.4, -0.2) is 47.4 Å². The Morgan fingerprint density at radius 2 is 1.69 bits per heavy atom. The molecule has 1 aromatic rings. The number of thiophene rings is 1. The normalized spacial score (nSPS) is 14.1. The van der Waals surface area contributed by atoms with E-state index in [-0.39, 0.29) is 6.61 Å². The number of carbonyl (C=O) groups excluding carboxylic acids is 3. The van der Waals surface area contributed by atoms with Gasteiger partial charge in [-0.25, -0.2) is 14.4 Å². The maximum absolute atomic E-state index is 12.6. The van der Waals surface area contributed by atoms with E-state index in [2.05, 4.69) is 5.32 Å². The predicted molar refractivity (Wildman–Crippen MR) is 110 cm³/mol. The van der Waals surface area contributed by atoms with Gasteiger partial charge in [0, 0.05) is 11.4 Å². The van der Waals surface area contributed by atoms with Crippen molar-refractivity contribution < 1.29 is 28.6 Å². The van der Waals surface area contributed by atoms with Gasteiger partial charge in [0.15, 0.2) is 0 Å². The highest BCUT2D eigenvalue weighted by atomic mass is 32.1. The first-order valence-corrected chi connectivity index (χ1v) is 10.4. The van der Waals surface area contributed by atoms with Crippen molar-refractivity contribution in [1.29, 1.82) is 0 Å². The van der Waals surface area contributed by atoms with E-state index in [1.165, 1.54) is 11.3 Å². The molecule has 2 rings (SSSR count). The lowest BCUT2D eigenvalue weighted by Gasteiger charge is -2.30. The SMILES string of the molecule is CCOC(=O)c1c(NC(=O)OC(C)(C)C)sc2c1CCN(C(=O)OC(C)(C)C)C2. The van der Waals surface area contributed by atoms with Crippen molar-refractivity contribution in [2.24, 2.45) is 0 Å². The van der Waals surface area contributed by atoms with Crippen LogP contribution in [0.2, 0.25) is 0 Å². The standard InChI is InChI=1S/C20H30N2O6S/c1-8-26-16(23)14-12-9-10-22(18(25)28-20(5,6)7)11-13(12)29-15(14)21-17(24)27-19(2,3)4/h8-11H2,1-7H3,(H,21,24). The largest absolute Gasteiger partial charge is 0.462 e. The number of hydrogen-bond donors (Lipinski definition) is 1. The van der Waals surface area contributed by atoms with Crippen LogP contribution in [0, 0.1) is 0 Å². The van der Waals surface area contributed by atoms with Crippen molar-refractivity contribution in [3.05, 3.63) is 16.0 Å². The van der Waals surface area contributed by atoms with E-state index in [1.54, 1.807) is 32.6 Å². The molecule has 2 heterocycles. The smallest absolute Gasteiger partial charge is 0.412 e. The van der Waals surface area contributed by atoms with Gasteiger partial charge in [-0.1, -0.05) is 0 Å². The molecule has 2 amide bonds. The molecule has 1 aliphatic rings. The third kappa shape index (κ3) is 6.35. The summed E-state index contributed by atoms with van der Waals surface area (Å²) in [5.41, 5.74) is -0.133. The minimum atomic E-state index is -0.668. The van der Waals surface area contributed by atoms with Gasteiger partial charge in [-0.05, 0) is 60.5 Å². The molecule has 0 saturated carbocycles. The fraction of sp³-hybridized carbons (Fsp3) is 0.650. The highest BCUT2D eigenvalue weighted by Gasteiger charge is 2.33. The lowest BCUT2D eigenvalue weighted by molar-refractivity contribution is 0.0226. The molecule has 0 aromatic carbocycles. The van der Waals surface area contributed by atoms with Gasteiger partial charge in [0.25, 0.3) is 0 Å². The molecule has 0 unspecified atom stereocenters. The highest BCUT2D eigenvalue weighted by molar-refractivity contribution is 7.17. The quantitative estimate of drug-likeness (QED) is 0.562. The Morgan fingerprint density at radius 3 is 2.24 bits per heavy atom. The Labute approximate surface area is 175 Å². The lowest BCUT2D eigenvalue weighted by Crippen LogP contribution is -2.39. The van der Waals surface area contributed by atoms with Gasteiger partial charge in [-0.3, -0.25) is 5.32 Å². The first kappa shape index (κ1) is 23.0. The van der Waals surface area contributed by atoms with E-state index in [0.29, 0.717) is 30.1 Å². The second kappa shape index (κ2) is 8.61. The Balaban J connectivity index is 2.29. The molecular formula is C20H30N2O6S. The van der Waals surface area contributed by atoms with Crippen LogP contribution < -0.4 is 5.32 Å². The molecule has 8 nitrogen and oxygen atoms in total. The van der Waals surface area contributed by atoms with E-state index >= 15 is 0 Å². The highest BCUT2D eigenvalue weighted by Crippen LogP contribution is 2.38. The second-order valence-corrected chi connectivity index (χ2v) is 9.81. The van der Waals surface area contributed by atoms with Gasteiger partial charge in [0.1, 0.15) is 16.2 Å². The number of carbonyl (C=O) groups is 3. The van der Waals surface area contributed by atoms with Gasteiger partial charge in [-0.15, -0.1) is 11.3 Å². The van der Waals surface area contributed by atoms with Gasteiger partial charge in [0.2, 0.25) is 0 Å². The zero-order chi connectivity index (χ0) is 22.0. The summed E-state index contributed by atoms with van der Waals surface area (Å²) >= 11 is 1.25. The zero-order valence-corrected chi connectivity index (χ0v) is 18.9. The average molecular weight is 427 g/mol. The van der Waals surface area contributed by atoms with Crippen LogP contribution in [0.1, 0.15) is 69.3 Å². The number of amides is 2.